The van der Waals surface area contributed by atoms with Gasteiger partial charge in [-0.05, 0) is 25.3 Å². The summed E-state index contributed by atoms with van der Waals surface area (Å²) >= 11 is 1.71. The van der Waals surface area contributed by atoms with Crippen LogP contribution in [-0.4, -0.2) is 4.98 Å². The van der Waals surface area contributed by atoms with Gasteiger partial charge in [-0.3, -0.25) is 0 Å². The van der Waals surface area contributed by atoms with Crippen molar-refractivity contribution in [2.45, 2.75) is 45.8 Å². The summed E-state index contributed by atoms with van der Waals surface area (Å²) in [5, 5.41) is 3.26. The summed E-state index contributed by atoms with van der Waals surface area (Å²) < 4.78 is 5.90. The Kier molecular flexibility index (Phi) is 5.56. The minimum atomic E-state index is 0.0253. The minimum absolute atomic E-state index is 0.0253. The van der Waals surface area contributed by atoms with Gasteiger partial charge < -0.3 is 10.5 Å². The molecule has 0 fully saturated rings. The second-order valence-corrected chi connectivity index (χ2v) is 5.77. The van der Waals surface area contributed by atoms with Gasteiger partial charge in [-0.1, -0.05) is 32.0 Å². The normalized spacial score (nSPS) is 12.3. The first kappa shape index (κ1) is 15.0. The van der Waals surface area contributed by atoms with Crippen LogP contribution >= 0.6 is 11.3 Å². The zero-order valence-electron chi connectivity index (χ0n) is 12.1. The van der Waals surface area contributed by atoms with Crippen LogP contribution in [0.5, 0.6) is 5.75 Å². The van der Waals surface area contributed by atoms with E-state index in [1.54, 1.807) is 11.3 Å². The molecule has 4 heteroatoms. The maximum atomic E-state index is 6.11. The van der Waals surface area contributed by atoms with Crippen LogP contribution in [0.15, 0.2) is 29.6 Å². The lowest BCUT2D eigenvalue weighted by atomic mass is 10.0. The van der Waals surface area contributed by atoms with E-state index in [4.69, 9.17) is 10.5 Å². The molecule has 2 N–H and O–H groups in total. The molecule has 0 unspecified atom stereocenters. The predicted octanol–water partition coefficient (Wildman–Crippen LogP) is 4.08. The zero-order valence-corrected chi connectivity index (χ0v) is 13.0. The number of hydrogen-bond donors (Lipinski definition) is 1. The second kappa shape index (κ2) is 7.41. The summed E-state index contributed by atoms with van der Waals surface area (Å²) in [6.45, 7) is 4.76. The van der Waals surface area contributed by atoms with Crippen molar-refractivity contribution in [1.29, 1.82) is 0 Å². The van der Waals surface area contributed by atoms with Crippen LogP contribution in [-0.2, 0) is 13.0 Å². The third-order valence-corrected chi connectivity index (χ3v) is 4.15. The Morgan fingerprint density at radius 2 is 2.10 bits per heavy atom. The van der Waals surface area contributed by atoms with Gasteiger partial charge in [0.25, 0.3) is 0 Å². The van der Waals surface area contributed by atoms with E-state index in [9.17, 15) is 0 Å². The van der Waals surface area contributed by atoms with Crippen LogP contribution in [0.1, 0.15) is 49.0 Å². The molecule has 0 aliphatic carbocycles. The Balaban J connectivity index is 2.02. The van der Waals surface area contributed by atoms with Gasteiger partial charge in [0.1, 0.15) is 12.4 Å². The second-order valence-electron chi connectivity index (χ2n) is 4.82. The highest BCUT2D eigenvalue weighted by Crippen LogP contribution is 2.26. The largest absolute Gasteiger partial charge is 0.487 e. The van der Waals surface area contributed by atoms with Crippen molar-refractivity contribution in [1.82, 2.24) is 4.98 Å². The van der Waals surface area contributed by atoms with Gasteiger partial charge >= 0.3 is 0 Å². The molecule has 3 nitrogen and oxygen atoms in total. The van der Waals surface area contributed by atoms with E-state index in [-0.39, 0.29) is 6.04 Å². The van der Waals surface area contributed by atoms with Crippen molar-refractivity contribution >= 4 is 11.3 Å². The van der Waals surface area contributed by atoms with Crippen molar-refractivity contribution in [3.63, 3.8) is 0 Å². The zero-order chi connectivity index (χ0) is 14.4. The molecule has 0 amide bonds. The molecule has 1 heterocycles. The van der Waals surface area contributed by atoms with E-state index in [2.05, 4.69) is 24.2 Å². The maximum absolute atomic E-state index is 6.11. The maximum Gasteiger partial charge on any atom is 0.131 e. The van der Waals surface area contributed by atoms with E-state index < -0.39 is 0 Å². The Morgan fingerprint density at radius 3 is 2.85 bits per heavy atom. The average molecular weight is 290 g/mol. The van der Waals surface area contributed by atoms with Gasteiger partial charge in [0, 0.05) is 17.0 Å². The summed E-state index contributed by atoms with van der Waals surface area (Å²) in [6, 6.07) is 8.01. The number of rotatable bonds is 7. The van der Waals surface area contributed by atoms with Crippen LogP contribution in [0.25, 0.3) is 0 Å². The molecular weight excluding hydrogens is 268 g/mol. The summed E-state index contributed by atoms with van der Waals surface area (Å²) in [5.41, 5.74) is 8.18. The van der Waals surface area contributed by atoms with E-state index >= 15 is 0 Å². The van der Waals surface area contributed by atoms with Crippen LogP contribution < -0.4 is 10.5 Å². The molecule has 0 spiro atoms. The Labute approximate surface area is 124 Å². The lowest BCUT2D eigenvalue weighted by Crippen LogP contribution is -2.10. The van der Waals surface area contributed by atoms with Gasteiger partial charge in [-0.2, -0.15) is 0 Å². The number of aromatic nitrogens is 1. The van der Waals surface area contributed by atoms with Crippen LogP contribution in [0.3, 0.4) is 0 Å². The summed E-state index contributed by atoms with van der Waals surface area (Å²) in [6.07, 6.45) is 3.07. The molecule has 2 aromatic rings. The fourth-order valence-electron chi connectivity index (χ4n) is 2.03. The number of ether oxygens (including phenoxy) is 1. The van der Waals surface area contributed by atoms with Gasteiger partial charge in [0.05, 0.1) is 10.7 Å². The highest BCUT2D eigenvalue weighted by atomic mass is 32.1. The molecule has 0 saturated heterocycles. The van der Waals surface area contributed by atoms with E-state index in [1.807, 2.05) is 24.3 Å². The van der Waals surface area contributed by atoms with Gasteiger partial charge in [0.2, 0.25) is 0 Å². The smallest absolute Gasteiger partial charge is 0.131 e. The quantitative estimate of drug-likeness (QED) is 0.835. The number of hydrogen-bond acceptors (Lipinski definition) is 4. The van der Waals surface area contributed by atoms with E-state index in [0.717, 1.165) is 36.3 Å². The summed E-state index contributed by atoms with van der Waals surface area (Å²) in [5.74, 6) is 0.867. The van der Waals surface area contributed by atoms with Crippen molar-refractivity contribution in [2.24, 2.45) is 5.73 Å². The SMILES string of the molecule is CCCc1nc(COc2ccccc2[C@@H](N)CC)cs1. The first-order valence-corrected chi connectivity index (χ1v) is 8.03. The molecule has 0 saturated carbocycles. The fraction of sp³-hybridized carbons (Fsp3) is 0.438. The molecule has 2 rings (SSSR count). The highest BCUT2D eigenvalue weighted by molar-refractivity contribution is 7.09. The molecule has 20 heavy (non-hydrogen) atoms. The van der Waals surface area contributed by atoms with E-state index in [0.29, 0.717) is 6.61 Å². The summed E-state index contributed by atoms with van der Waals surface area (Å²) in [4.78, 5) is 4.57. The molecular formula is C16H22N2OS. The number of aryl methyl sites for hydroxylation is 1. The average Bonchev–Trinajstić information content (AvgIpc) is 2.93. The highest BCUT2D eigenvalue weighted by Gasteiger charge is 2.10. The monoisotopic (exact) mass is 290 g/mol. The number of thiazole rings is 1. The third kappa shape index (κ3) is 3.81. The number of nitrogens with zero attached hydrogens (tertiary/aromatic N) is 1. The summed E-state index contributed by atoms with van der Waals surface area (Å²) in [7, 11) is 0. The predicted molar refractivity (Wildman–Crippen MR) is 84.1 cm³/mol. The molecule has 0 aliphatic rings. The van der Waals surface area contributed by atoms with Gasteiger partial charge in [-0.15, -0.1) is 11.3 Å². The molecule has 1 atom stereocenters. The van der Waals surface area contributed by atoms with Crippen molar-refractivity contribution in [3.05, 3.63) is 45.9 Å². The first-order chi connectivity index (χ1) is 9.74. The van der Waals surface area contributed by atoms with Gasteiger partial charge in [0.15, 0.2) is 0 Å². The molecule has 0 aliphatic heterocycles. The van der Waals surface area contributed by atoms with E-state index in [1.165, 1.54) is 5.01 Å². The number of benzene rings is 1. The molecule has 0 radical (unpaired) electrons. The molecule has 0 bridgehead atoms. The Morgan fingerprint density at radius 1 is 1.30 bits per heavy atom. The standard InChI is InChI=1S/C16H22N2OS/c1-3-7-16-18-12(11-20-16)10-19-15-9-6-5-8-13(15)14(17)4-2/h5-6,8-9,11,14H,3-4,7,10,17H2,1-2H3/t14-/m0/s1. The topological polar surface area (TPSA) is 48.1 Å². The third-order valence-electron chi connectivity index (χ3n) is 3.20. The van der Waals surface area contributed by atoms with Crippen molar-refractivity contribution in [3.8, 4) is 5.75 Å². The minimum Gasteiger partial charge on any atom is -0.487 e. The van der Waals surface area contributed by atoms with Crippen LogP contribution in [0.4, 0.5) is 0 Å². The van der Waals surface area contributed by atoms with Crippen LogP contribution in [0, 0.1) is 0 Å². The lowest BCUT2D eigenvalue weighted by molar-refractivity contribution is 0.296. The van der Waals surface area contributed by atoms with Crippen LogP contribution in [0.2, 0.25) is 0 Å². The van der Waals surface area contributed by atoms with Crippen molar-refractivity contribution in [2.75, 3.05) is 0 Å². The Hall–Kier alpha value is -1.39. The molecule has 1 aromatic carbocycles. The first-order valence-electron chi connectivity index (χ1n) is 7.15. The fourth-order valence-corrected chi connectivity index (χ4v) is 2.92. The number of nitrogens with two attached hydrogens (primary N) is 1. The van der Waals surface area contributed by atoms with Crippen molar-refractivity contribution < 1.29 is 4.74 Å². The van der Waals surface area contributed by atoms with Gasteiger partial charge in [-0.25, -0.2) is 4.98 Å². The Bertz CT molecular complexity index is 539. The molecule has 108 valence electrons. The number of para-hydroxylation sites is 1. The molecule has 1 aromatic heterocycles. The lowest BCUT2D eigenvalue weighted by Gasteiger charge is -2.15.